The molecule has 0 aromatic heterocycles. The third-order valence-electron chi connectivity index (χ3n) is 2.86. The SMILES string of the molecule is O=CCCOCCOCCOCCNc1c(NCP)c(=O)c1=O.[CH3-].[K+]. The van der Waals surface area contributed by atoms with Gasteiger partial charge in [-0.1, -0.05) is 0 Å². The second-order valence-electron chi connectivity index (χ2n) is 4.51. The van der Waals surface area contributed by atoms with Gasteiger partial charge in [0.2, 0.25) is 0 Å². The van der Waals surface area contributed by atoms with Crippen LogP contribution < -0.4 is 72.9 Å². The normalized spacial score (nSPS) is 9.96. The zero-order valence-corrected chi connectivity index (χ0v) is 19.2. The number of hydrogen-bond acceptors (Lipinski definition) is 8. The average molecular weight is 400 g/mol. The second-order valence-corrected chi connectivity index (χ2v) is 4.92. The van der Waals surface area contributed by atoms with E-state index in [9.17, 15) is 14.4 Å². The van der Waals surface area contributed by atoms with Crippen LogP contribution in [0.15, 0.2) is 9.59 Å². The van der Waals surface area contributed by atoms with E-state index in [1.807, 2.05) is 0 Å². The van der Waals surface area contributed by atoms with Crippen LogP contribution in [0.3, 0.4) is 0 Å². The van der Waals surface area contributed by atoms with Gasteiger partial charge in [0, 0.05) is 19.3 Å². The van der Waals surface area contributed by atoms with Crippen molar-refractivity contribution in [2.24, 2.45) is 0 Å². The Labute approximate surface area is 193 Å². The number of carbonyl (C=O) groups excluding carboxylic acids is 1. The van der Waals surface area contributed by atoms with Gasteiger partial charge < -0.3 is 37.1 Å². The van der Waals surface area contributed by atoms with Crippen LogP contribution >= 0.6 is 9.24 Å². The molecule has 0 fully saturated rings. The van der Waals surface area contributed by atoms with E-state index in [1.165, 1.54) is 0 Å². The van der Waals surface area contributed by atoms with Crippen LogP contribution in [0, 0.1) is 7.43 Å². The average Bonchev–Trinajstić information content (AvgIpc) is 2.57. The van der Waals surface area contributed by atoms with Crippen molar-refractivity contribution in [3.05, 3.63) is 27.9 Å². The Hall–Kier alpha value is 0.296. The summed E-state index contributed by atoms with van der Waals surface area (Å²) in [7, 11) is 2.43. The largest absolute Gasteiger partial charge is 1.00 e. The number of hydrogen-bond donors (Lipinski definition) is 2. The van der Waals surface area contributed by atoms with Gasteiger partial charge in [0.25, 0.3) is 10.9 Å². The zero-order chi connectivity index (χ0) is 16.9. The molecule has 0 bridgehead atoms. The van der Waals surface area contributed by atoms with Crippen LogP contribution in [0.25, 0.3) is 0 Å². The van der Waals surface area contributed by atoms with Gasteiger partial charge in [-0.25, -0.2) is 0 Å². The predicted octanol–water partition coefficient (Wildman–Crippen LogP) is -2.97. The number of rotatable bonds is 15. The molecule has 0 aliphatic rings. The van der Waals surface area contributed by atoms with E-state index in [-0.39, 0.29) is 58.8 Å². The topological polar surface area (TPSA) is 103 Å². The van der Waals surface area contributed by atoms with Crippen molar-refractivity contribution in [2.45, 2.75) is 6.42 Å². The second kappa shape index (κ2) is 17.7. The van der Waals surface area contributed by atoms with E-state index in [2.05, 4.69) is 19.9 Å². The number of aldehydes is 1. The van der Waals surface area contributed by atoms with Crippen molar-refractivity contribution >= 4 is 26.9 Å². The molecule has 1 aromatic rings. The molecule has 0 saturated heterocycles. The molecule has 138 valence electrons. The molecule has 1 aromatic carbocycles. The standard InChI is InChI=1S/C14H23N2O6P.CH3.K/c17-3-1-4-20-6-8-22-9-7-21-5-2-15-11-12(16-10-23)14(19)13(11)18;;/h3,15-16H,1-2,4-10,23H2;1H3;/q;-1;+1. The molecule has 0 radical (unpaired) electrons. The summed E-state index contributed by atoms with van der Waals surface area (Å²) in [5.41, 5.74) is -0.323. The quantitative estimate of drug-likeness (QED) is 0.0804. The fourth-order valence-electron chi connectivity index (χ4n) is 1.75. The number of anilines is 2. The minimum Gasteiger partial charge on any atom is -0.379 e. The molecule has 0 aliphatic carbocycles. The van der Waals surface area contributed by atoms with Gasteiger partial charge in [-0.15, -0.1) is 9.24 Å². The van der Waals surface area contributed by atoms with Crippen molar-refractivity contribution in [3.8, 4) is 0 Å². The molecule has 0 saturated carbocycles. The monoisotopic (exact) mass is 400 g/mol. The Morgan fingerprint density at radius 3 is 1.84 bits per heavy atom. The molecule has 10 heteroatoms. The number of nitrogens with one attached hydrogen (secondary N) is 2. The Morgan fingerprint density at radius 1 is 0.840 bits per heavy atom. The minimum absolute atomic E-state index is 0. The Bertz CT molecular complexity index is 536. The molecular weight excluding hydrogens is 374 g/mol. The van der Waals surface area contributed by atoms with Gasteiger partial charge in [0.1, 0.15) is 17.7 Å². The first-order valence-corrected chi connectivity index (χ1v) is 8.22. The summed E-state index contributed by atoms with van der Waals surface area (Å²) in [6.07, 6.45) is 1.72. The molecular formula is C15H26KN2O6P. The molecule has 0 heterocycles. The van der Waals surface area contributed by atoms with Gasteiger partial charge in [0.15, 0.2) is 0 Å². The minimum atomic E-state index is -0.496. The molecule has 0 amide bonds. The van der Waals surface area contributed by atoms with Crippen molar-refractivity contribution in [2.75, 3.05) is 63.1 Å². The van der Waals surface area contributed by atoms with E-state index >= 15 is 0 Å². The summed E-state index contributed by atoms with van der Waals surface area (Å²) in [5.74, 6) is 0. The summed E-state index contributed by atoms with van der Waals surface area (Å²) in [5, 5.41) is 5.71. The Morgan fingerprint density at radius 2 is 1.32 bits per heavy atom. The molecule has 25 heavy (non-hydrogen) atoms. The van der Waals surface area contributed by atoms with Gasteiger partial charge >= 0.3 is 51.4 Å². The molecule has 0 spiro atoms. The summed E-state index contributed by atoms with van der Waals surface area (Å²) in [6, 6.07) is 0. The first-order valence-electron chi connectivity index (χ1n) is 7.40. The Kier molecular flexibility index (Phi) is 19.5. The van der Waals surface area contributed by atoms with Crippen molar-refractivity contribution < 1.29 is 70.4 Å². The molecule has 2 N–H and O–H groups in total. The summed E-state index contributed by atoms with van der Waals surface area (Å²) in [6.45, 7) is 3.03. The van der Waals surface area contributed by atoms with E-state index < -0.39 is 10.9 Å². The maximum absolute atomic E-state index is 11.4. The van der Waals surface area contributed by atoms with Crippen molar-refractivity contribution in [1.82, 2.24) is 0 Å². The molecule has 1 unspecified atom stereocenters. The molecule has 1 atom stereocenters. The van der Waals surface area contributed by atoms with Crippen molar-refractivity contribution in [3.63, 3.8) is 0 Å². The van der Waals surface area contributed by atoms with Crippen LogP contribution in [-0.4, -0.2) is 58.8 Å². The summed E-state index contributed by atoms with van der Waals surface area (Å²) >= 11 is 0. The van der Waals surface area contributed by atoms with Gasteiger partial charge in [-0.3, -0.25) is 9.59 Å². The molecule has 8 nitrogen and oxygen atoms in total. The smallest absolute Gasteiger partial charge is 0.379 e. The van der Waals surface area contributed by atoms with Crippen LogP contribution in [0.2, 0.25) is 0 Å². The van der Waals surface area contributed by atoms with E-state index in [0.29, 0.717) is 70.3 Å². The maximum Gasteiger partial charge on any atom is 1.00 e. The van der Waals surface area contributed by atoms with E-state index in [0.717, 1.165) is 6.29 Å². The summed E-state index contributed by atoms with van der Waals surface area (Å²) < 4.78 is 15.7. The first-order chi connectivity index (χ1) is 11.2. The number of ether oxygens (including phenoxy) is 3. The fraction of sp³-hybridized carbons (Fsp3) is 0.600. The third kappa shape index (κ3) is 10.9. The maximum atomic E-state index is 11.4. The van der Waals surface area contributed by atoms with E-state index in [4.69, 9.17) is 14.2 Å². The van der Waals surface area contributed by atoms with E-state index in [1.54, 1.807) is 0 Å². The number of carbonyl (C=O) groups is 1. The zero-order valence-electron chi connectivity index (χ0n) is 15.0. The molecule has 1 rings (SSSR count). The van der Waals surface area contributed by atoms with Crippen LogP contribution in [0.4, 0.5) is 11.4 Å². The summed E-state index contributed by atoms with van der Waals surface area (Å²) in [4.78, 5) is 32.7. The Balaban J connectivity index is 0. The molecule has 0 aliphatic heterocycles. The fourth-order valence-corrected chi connectivity index (χ4v) is 1.96. The van der Waals surface area contributed by atoms with Crippen LogP contribution in [-0.2, 0) is 19.0 Å². The van der Waals surface area contributed by atoms with Gasteiger partial charge in [-0.2, -0.15) is 0 Å². The van der Waals surface area contributed by atoms with Gasteiger partial charge in [-0.05, 0) is 0 Å². The van der Waals surface area contributed by atoms with Crippen LogP contribution in [0.5, 0.6) is 0 Å². The van der Waals surface area contributed by atoms with Gasteiger partial charge in [0.05, 0.1) is 39.6 Å². The predicted molar refractivity (Wildman–Crippen MR) is 97.6 cm³/mol. The first kappa shape index (κ1) is 27.5. The third-order valence-corrected chi connectivity index (χ3v) is 3.07. The van der Waals surface area contributed by atoms with Crippen LogP contribution in [0.1, 0.15) is 6.42 Å². The van der Waals surface area contributed by atoms with Crippen molar-refractivity contribution in [1.29, 1.82) is 0 Å².